The van der Waals surface area contributed by atoms with Crippen molar-refractivity contribution >= 4 is 29.7 Å². The molecule has 0 N–H and O–H groups in total. The smallest absolute Gasteiger partial charge is 0.138 e. The number of hydrogen-bond acceptors (Lipinski definition) is 3. The minimum absolute atomic E-state index is 0.409. The maximum Gasteiger partial charge on any atom is 0.138 e. The van der Waals surface area contributed by atoms with Crippen molar-refractivity contribution in [2.45, 2.75) is 62.2 Å². The summed E-state index contributed by atoms with van der Waals surface area (Å²) in [6.07, 6.45) is 8.99. The molecule has 1 fully saturated rings. The maximum absolute atomic E-state index is 11.9. The molecule has 0 amide bonds. The zero-order chi connectivity index (χ0) is 15.8. The van der Waals surface area contributed by atoms with Crippen LogP contribution >= 0.6 is 24.0 Å². The molecule has 0 radical (unpaired) electrons. The molecule has 4 rings (SSSR count). The average Bonchev–Trinajstić information content (AvgIpc) is 2.95. The Morgan fingerprint density at radius 2 is 1.74 bits per heavy atom. The largest absolute Gasteiger partial charge is 0.299 e. The fourth-order valence-electron chi connectivity index (χ4n) is 4.07. The van der Waals surface area contributed by atoms with Gasteiger partial charge < -0.3 is 0 Å². The summed E-state index contributed by atoms with van der Waals surface area (Å²) in [6.45, 7) is 0. The first-order chi connectivity index (χ1) is 11.2. The lowest BCUT2D eigenvalue weighted by molar-refractivity contribution is -0.118. The van der Waals surface area contributed by atoms with Crippen LogP contribution in [0.5, 0.6) is 0 Å². The SMILES string of the molecule is O=C1CCc2c(sc(C3CCCCC3)c2-c2ccc(S)cc2)C1. The van der Waals surface area contributed by atoms with E-state index in [1.165, 1.54) is 53.7 Å². The van der Waals surface area contributed by atoms with Crippen LogP contribution in [0.2, 0.25) is 0 Å². The summed E-state index contributed by atoms with van der Waals surface area (Å²) >= 11 is 6.36. The number of carbonyl (C=O) groups is 1. The molecule has 2 aromatic rings. The quantitative estimate of drug-likeness (QED) is 0.682. The summed E-state index contributed by atoms with van der Waals surface area (Å²) < 4.78 is 0. The minimum Gasteiger partial charge on any atom is -0.299 e. The van der Waals surface area contributed by atoms with E-state index in [2.05, 4.69) is 36.9 Å². The van der Waals surface area contributed by atoms with Crippen molar-refractivity contribution in [2.24, 2.45) is 0 Å². The van der Waals surface area contributed by atoms with Gasteiger partial charge in [0.2, 0.25) is 0 Å². The highest BCUT2D eigenvalue weighted by molar-refractivity contribution is 7.80. The van der Waals surface area contributed by atoms with Gasteiger partial charge in [0.1, 0.15) is 5.78 Å². The van der Waals surface area contributed by atoms with E-state index in [-0.39, 0.29) is 0 Å². The first-order valence-electron chi connectivity index (χ1n) is 8.68. The third-order valence-electron chi connectivity index (χ3n) is 5.26. The molecule has 120 valence electrons. The predicted octanol–water partition coefficient (Wildman–Crippen LogP) is 5.81. The number of carbonyl (C=O) groups excluding carboxylic acids is 1. The Labute approximate surface area is 147 Å². The lowest BCUT2D eigenvalue weighted by Crippen LogP contribution is -2.11. The summed E-state index contributed by atoms with van der Waals surface area (Å²) in [5.74, 6) is 1.10. The summed E-state index contributed by atoms with van der Waals surface area (Å²) in [7, 11) is 0. The van der Waals surface area contributed by atoms with Crippen LogP contribution in [0.1, 0.15) is 59.8 Å². The van der Waals surface area contributed by atoms with Gasteiger partial charge in [-0.15, -0.1) is 24.0 Å². The molecular formula is C20H22OS2. The molecular weight excluding hydrogens is 320 g/mol. The molecule has 1 nitrogen and oxygen atoms in total. The van der Waals surface area contributed by atoms with Crippen LogP contribution in [0.3, 0.4) is 0 Å². The van der Waals surface area contributed by atoms with Gasteiger partial charge in [0.25, 0.3) is 0 Å². The van der Waals surface area contributed by atoms with Crippen LogP contribution < -0.4 is 0 Å². The van der Waals surface area contributed by atoms with Crippen LogP contribution in [0.4, 0.5) is 0 Å². The molecule has 0 atom stereocenters. The second kappa shape index (κ2) is 6.45. The third-order valence-corrected chi connectivity index (χ3v) is 6.95. The first kappa shape index (κ1) is 15.5. The van der Waals surface area contributed by atoms with Crippen LogP contribution in [0.25, 0.3) is 11.1 Å². The molecule has 0 bridgehead atoms. The summed E-state index contributed by atoms with van der Waals surface area (Å²) in [5, 5.41) is 0. The average molecular weight is 343 g/mol. The zero-order valence-electron chi connectivity index (χ0n) is 13.3. The van der Waals surface area contributed by atoms with E-state index in [0.717, 1.165) is 11.3 Å². The van der Waals surface area contributed by atoms with Crippen molar-refractivity contribution in [1.82, 2.24) is 0 Å². The summed E-state index contributed by atoms with van der Waals surface area (Å²) in [6, 6.07) is 8.57. The van der Waals surface area contributed by atoms with E-state index in [9.17, 15) is 4.79 Å². The van der Waals surface area contributed by atoms with Gasteiger partial charge in [-0.05, 0) is 54.0 Å². The topological polar surface area (TPSA) is 17.1 Å². The summed E-state index contributed by atoms with van der Waals surface area (Å²) in [4.78, 5) is 15.8. The van der Waals surface area contributed by atoms with Crippen molar-refractivity contribution in [2.75, 3.05) is 0 Å². The number of hydrogen-bond donors (Lipinski definition) is 1. The molecule has 1 aromatic heterocycles. The predicted molar refractivity (Wildman–Crippen MR) is 99.9 cm³/mol. The standard InChI is InChI=1S/C20H22OS2/c21-15-8-11-17-18(12-15)23-20(14-4-2-1-3-5-14)19(17)13-6-9-16(22)10-7-13/h6-7,9-10,14,22H,1-5,8,11-12H2. The van der Waals surface area contributed by atoms with Crippen LogP contribution in [0, 0.1) is 0 Å². The Kier molecular flexibility index (Phi) is 4.33. The second-order valence-corrected chi connectivity index (χ2v) is 8.49. The number of rotatable bonds is 2. The Morgan fingerprint density at radius 1 is 1.00 bits per heavy atom. The Bertz CT molecular complexity index is 721. The molecule has 0 aliphatic heterocycles. The van der Waals surface area contributed by atoms with Gasteiger partial charge in [-0.3, -0.25) is 4.79 Å². The fraction of sp³-hybridized carbons (Fsp3) is 0.450. The third kappa shape index (κ3) is 3.01. The van der Waals surface area contributed by atoms with Crippen LogP contribution in [-0.4, -0.2) is 5.78 Å². The van der Waals surface area contributed by atoms with E-state index >= 15 is 0 Å². The number of ketones is 1. The van der Waals surface area contributed by atoms with E-state index in [1.54, 1.807) is 4.88 Å². The van der Waals surface area contributed by atoms with Crippen LogP contribution in [-0.2, 0) is 17.6 Å². The number of Topliss-reactive ketones (excluding diaryl/α,β-unsaturated/α-hetero) is 1. The molecule has 23 heavy (non-hydrogen) atoms. The van der Waals surface area contributed by atoms with Gasteiger partial charge in [0, 0.05) is 27.5 Å². The second-order valence-electron chi connectivity index (χ2n) is 6.84. The van der Waals surface area contributed by atoms with Crippen LogP contribution in [0.15, 0.2) is 29.2 Å². The molecule has 0 saturated heterocycles. The van der Waals surface area contributed by atoms with E-state index in [4.69, 9.17) is 0 Å². The van der Waals surface area contributed by atoms with E-state index in [0.29, 0.717) is 24.5 Å². The number of thiol groups is 1. The maximum atomic E-state index is 11.9. The van der Waals surface area contributed by atoms with Gasteiger partial charge in [-0.1, -0.05) is 31.4 Å². The van der Waals surface area contributed by atoms with Crippen molar-refractivity contribution in [3.63, 3.8) is 0 Å². The highest BCUT2D eigenvalue weighted by Gasteiger charge is 2.29. The van der Waals surface area contributed by atoms with Crippen molar-refractivity contribution in [3.05, 3.63) is 39.6 Å². The number of thiophene rings is 1. The van der Waals surface area contributed by atoms with Crippen molar-refractivity contribution in [3.8, 4) is 11.1 Å². The normalized spacial score (nSPS) is 18.9. The van der Waals surface area contributed by atoms with Gasteiger partial charge in [0.15, 0.2) is 0 Å². The lowest BCUT2D eigenvalue weighted by atomic mass is 9.83. The van der Waals surface area contributed by atoms with Gasteiger partial charge >= 0.3 is 0 Å². The Balaban J connectivity index is 1.83. The monoisotopic (exact) mass is 342 g/mol. The number of fused-ring (bicyclic) bond motifs is 1. The van der Waals surface area contributed by atoms with Gasteiger partial charge in [-0.2, -0.15) is 0 Å². The Hall–Kier alpha value is -1.06. The summed E-state index contributed by atoms with van der Waals surface area (Å²) in [5.41, 5.74) is 4.23. The molecule has 0 unspecified atom stereocenters. The first-order valence-corrected chi connectivity index (χ1v) is 9.94. The lowest BCUT2D eigenvalue weighted by Gasteiger charge is -2.22. The van der Waals surface area contributed by atoms with Crippen molar-refractivity contribution < 1.29 is 4.79 Å². The highest BCUT2D eigenvalue weighted by Crippen LogP contribution is 2.47. The molecule has 3 heteroatoms. The fourth-order valence-corrected chi connectivity index (χ4v) is 5.79. The van der Waals surface area contributed by atoms with Gasteiger partial charge in [-0.25, -0.2) is 0 Å². The highest BCUT2D eigenvalue weighted by atomic mass is 32.1. The molecule has 1 aromatic carbocycles. The van der Waals surface area contributed by atoms with E-state index in [1.807, 2.05) is 11.3 Å². The zero-order valence-corrected chi connectivity index (χ0v) is 15.0. The minimum atomic E-state index is 0.409. The van der Waals surface area contributed by atoms with E-state index < -0.39 is 0 Å². The molecule has 1 heterocycles. The molecule has 2 aliphatic rings. The van der Waals surface area contributed by atoms with Crippen molar-refractivity contribution in [1.29, 1.82) is 0 Å². The van der Waals surface area contributed by atoms with Gasteiger partial charge in [0.05, 0.1) is 0 Å². The molecule has 2 aliphatic carbocycles. The number of benzene rings is 1. The molecule has 0 spiro atoms. The Morgan fingerprint density at radius 3 is 2.48 bits per heavy atom. The molecule has 1 saturated carbocycles.